The average molecular weight is 280 g/mol. The van der Waals surface area contributed by atoms with E-state index in [1.807, 2.05) is 18.5 Å². The summed E-state index contributed by atoms with van der Waals surface area (Å²) in [7, 11) is 0. The minimum absolute atomic E-state index is 0.572. The van der Waals surface area contributed by atoms with Crippen molar-refractivity contribution in [3.63, 3.8) is 0 Å². The van der Waals surface area contributed by atoms with Gasteiger partial charge >= 0.3 is 0 Å². The second kappa shape index (κ2) is 6.10. The summed E-state index contributed by atoms with van der Waals surface area (Å²) in [5, 5.41) is 0. The van der Waals surface area contributed by atoms with Gasteiger partial charge < -0.3 is 4.90 Å². The van der Waals surface area contributed by atoms with E-state index in [1.54, 1.807) is 0 Å². The number of halogens is 1. The van der Waals surface area contributed by atoms with Gasteiger partial charge in [0.1, 0.15) is 0 Å². The molecule has 3 heterocycles. The number of rotatable bonds is 3. The van der Waals surface area contributed by atoms with Gasteiger partial charge in [-0.2, -0.15) is 0 Å². The fourth-order valence-electron chi connectivity index (χ4n) is 3.35. The Balaban J connectivity index is 1.67. The molecule has 4 heteroatoms. The maximum absolute atomic E-state index is 6.03. The van der Waals surface area contributed by atoms with Gasteiger partial charge in [-0.25, -0.2) is 0 Å². The summed E-state index contributed by atoms with van der Waals surface area (Å²) in [6.45, 7) is 4.84. The van der Waals surface area contributed by atoms with Gasteiger partial charge in [-0.05, 0) is 44.0 Å². The van der Waals surface area contributed by atoms with Crippen molar-refractivity contribution < 1.29 is 0 Å². The van der Waals surface area contributed by atoms with Gasteiger partial charge in [0.05, 0.1) is 11.9 Å². The van der Waals surface area contributed by atoms with Crippen molar-refractivity contribution in [3.05, 3.63) is 24.0 Å². The van der Waals surface area contributed by atoms with E-state index in [4.69, 9.17) is 11.6 Å². The molecule has 1 unspecified atom stereocenters. The van der Waals surface area contributed by atoms with Gasteiger partial charge in [-0.3, -0.25) is 9.88 Å². The van der Waals surface area contributed by atoms with Gasteiger partial charge in [0.25, 0.3) is 0 Å². The molecule has 0 amide bonds. The first kappa shape index (κ1) is 13.2. The summed E-state index contributed by atoms with van der Waals surface area (Å²) in [6, 6.07) is 2.76. The zero-order valence-electron chi connectivity index (χ0n) is 11.4. The number of pyridine rings is 1. The van der Waals surface area contributed by atoms with Crippen LogP contribution in [0.2, 0.25) is 0 Å². The normalized spacial score (nSPS) is 24.9. The fraction of sp³-hybridized carbons (Fsp3) is 0.667. The molecule has 0 N–H and O–H groups in total. The molecule has 0 radical (unpaired) electrons. The lowest BCUT2D eigenvalue weighted by atomic mass is 10.1. The molecule has 19 heavy (non-hydrogen) atoms. The lowest BCUT2D eigenvalue weighted by Gasteiger charge is -2.32. The Hall–Kier alpha value is -0.800. The SMILES string of the molecule is ClCc1ccncc1N1CCC(N2CCCCC2)C1. The third kappa shape index (κ3) is 2.87. The van der Waals surface area contributed by atoms with Crippen LogP contribution in [0.25, 0.3) is 0 Å². The van der Waals surface area contributed by atoms with E-state index in [9.17, 15) is 0 Å². The smallest absolute Gasteiger partial charge is 0.0598 e. The predicted molar refractivity (Wildman–Crippen MR) is 79.8 cm³/mol. The number of hydrogen-bond donors (Lipinski definition) is 0. The second-order valence-electron chi connectivity index (χ2n) is 5.62. The molecular formula is C15H22ClN3. The summed E-state index contributed by atoms with van der Waals surface area (Å²) in [5.74, 6) is 0.572. The molecule has 0 aromatic carbocycles. The number of aromatic nitrogens is 1. The van der Waals surface area contributed by atoms with Crippen LogP contribution in [0.4, 0.5) is 5.69 Å². The molecule has 1 aromatic rings. The molecule has 2 aliphatic rings. The molecule has 104 valence electrons. The average Bonchev–Trinajstić information content (AvgIpc) is 2.98. The number of hydrogen-bond acceptors (Lipinski definition) is 3. The number of alkyl halides is 1. The van der Waals surface area contributed by atoms with E-state index in [0.717, 1.165) is 19.1 Å². The van der Waals surface area contributed by atoms with Crippen molar-refractivity contribution >= 4 is 17.3 Å². The Morgan fingerprint density at radius 2 is 2.05 bits per heavy atom. The third-order valence-corrected chi connectivity index (χ3v) is 4.73. The first-order valence-electron chi connectivity index (χ1n) is 7.36. The maximum Gasteiger partial charge on any atom is 0.0598 e. The van der Waals surface area contributed by atoms with E-state index >= 15 is 0 Å². The molecule has 1 atom stereocenters. The highest BCUT2D eigenvalue weighted by molar-refractivity contribution is 6.17. The molecule has 2 fully saturated rings. The van der Waals surface area contributed by atoms with E-state index in [0.29, 0.717) is 5.88 Å². The van der Waals surface area contributed by atoms with Gasteiger partial charge in [-0.15, -0.1) is 11.6 Å². The number of likely N-dealkylation sites (tertiary alicyclic amines) is 1. The van der Waals surface area contributed by atoms with Crippen molar-refractivity contribution in [3.8, 4) is 0 Å². The number of anilines is 1. The summed E-state index contributed by atoms with van der Waals surface area (Å²) in [6.07, 6.45) is 9.23. The maximum atomic E-state index is 6.03. The molecule has 2 saturated heterocycles. The standard InChI is InChI=1S/C15H22ClN3/c16-10-13-4-6-17-11-15(13)19-9-5-14(12-19)18-7-2-1-3-8-18/h4,6,11,14H,1-3,5,7-10,12H2. The summed E-state index contributed by atoms with van der Waals surface area (Å²) >= 11 is 6.03. The van der Waals surface area contributed by atoms with Crippen LogP contribution in [0.5, 0.6) is 0 Å². The van der Waals surface area contributed by atoms with Crippen molar-refractivity contribution in [2.45, 2.75) is 37.6 Å². The molecule has 3 nitrogen and oxygen atoms in total. The first-order chi connectivity index (χ1) is 9.38. The Bertz CT molecular complexity index is 418. The van der Waals surface area contributed by atoms with Crippen LogP contribution in [0, 0.1) is 0 Å². The zero-order chi connectivity index (χ0) is 13.1. The summed E-state index contributed by atoms with van der Waals surface area (Å²) < 4.78 is 0. The van der Waals surface area contributed by atoms with Crippen LogP contribution in [0.1, 0.15) is 31.2 Å². The molecule has 0 spiro atoms. The highest BCUT2D eigenvalue weighted by atomic mass is 35.5. The largest absolute Gasteiger partial charge is 0.368 e. The lowest BCUT2D eigenvalue weighted by Crippen LogP contribution is -2.40. The van der Waals surface area contributed by atoms with Gasteiger partial charge in [0.15, 0.2) is 0 Å². The van der Waals surface area contributed by atoms with E-state index in [1.165, 1.54) is 50.0 Å². The topological polar surface area (TPSA) is 19.4 Å². The molecule has 1 aromatic heterocycles. The third-order valence-electron chi connectivity index (χ3n) is 4.44. The zero-order valence-corrected chi connectivity index (χ0v) is 12.1. The lowest BCUT2D eigenvalue weighted by molar-refractivity contribution is 0.175. The van der Waals surface area contributed by atoms with Crippen LogP contribution >= 0.6 is 11.6 Å². The van der Waals surface area contributed by atoms with Crippen LogP contribution in [-0.4, -0.2) is 42.1 Å². The van der Waals surface area contributed by atoms with Crippen molar-refractivity contribution in [2.24, 2.45) is 0 Å². The van der Waals surface area contributed by atoms with Crippen molar-refractivity contribution in [2.75, 3.05) is 31.1 Å². The predicted octanol–water partition coefficient (Wildman–Crippen LogP) is 2.89. The van der Waals surface area contributed by atoms with Crippen LogP contribution in [0.15, 0.2) is 18.5 Å². The van der Waals surface area contributed by atoms with Crippen molar-refractivity contribution in [1.29, 1.82) is 0 Å². The van der Waals surface area contributed by atoms with Crippen LogP contribution < -0.4 is 4.90 Å². The highest BCUT2D eigenvalue weighted by Crippen LogP contribution is 2.27. The molecule has 0 aliphatic carbocycles. The monoisotopic (exact) mass is 279 g/mol. The van der Waals surface area contributed by atoms with Gasteiger partial charge in [0.2, 0.25) is 0 Å². The Morgan fingerprint density at radius 1 is 1.21 bits per heavy atom. The summed E-state index contributed by atoms with van der Waals surface area (Å²) in [5.41, 5.74) is 2.44. The first-order valence-corrected chi connectivity index (χ1v) is 7.90. The Kier molecular flexibility index (Phi) is 4.24. The molecular weight excluding hydrogens is 258 g/mol. The minimum Gasteiger partial charge on any atom is -0.368 e. The fourth-order valence-corrected chi connectivity index (χ4v) is 3.58. The molecule has 0 saturated carbocycles. The minimum atomic E-state index is 0.572. The van der Waals surface area contributed by atoms with E-state index in [-0.39, 0.29) is 0 Å². The van der Waals surface area contributed by atoms with Crippen LogP contribution in [0.3, 0.4) is 0 Å². The number of piperidine rings is 1. The van der Waals surface area contributed by atoms with Crippen LogP contribution in [-0.2, 0) is 5.88 Å². The molecule has 2 aliphatic heterocycles. The van der Waals surface area contributed by atoms with Gasteiger partial charge in [0, 0.05) is 31.2 Å². The Morgan fingerprint density at radius 3 is 2.84 bits per heavy atom. The molecule has 0 bridgehead atoms. The van der Waals surface area contributed by atoms with Gasteiger partial charge in [-0.1, -0.05) is 6.42 Å². The van der Waals surface area contributed by atoms with E-state index < -0.39 is 0 Å². The quantitative estimate of drug-likeness (QED) is 0.793. The Labute approximate surface area is 120 Å². The summed E-state index contributed by atoms with van der Waals surface area (Å²) in [4.78, 5) is 9.40. The van der Waals surface area contributed by atoms with E-state index in [2.05, 4.69) is 14.8 Å². The molecule has 3 rings (SSSR count). The second-order valence-corrected chi connectivity index (χ2v) is 5.89. The number of nitrogens with zero attached hydrogens (tertiary/aromatic N) is 3. The highest BCUT2D eigenvalue weighted by Gasteiger charge is 2.29. The van der Waals surface area contributed by atoms with Crippen molar-refractivity contribution in [1.82, 2.24) is 9.88 Å².